The first-order valence-corrected chi connectivity index (χ1v) is 14.3. The van der Waals surface area contributed by atoms with Gasteiger partial charge in [0.05, 0.1) is 23.6 Å². The molecule has 10 heteroatoms. The first kappa shape index (κ1) is 24.1. The molecule has 2 aliphatic carbocycles. The first-order valence-electron chi connectivity index (χ1n) is 14.3. The number of carbonyl (C=O) groups excluding carboxylic acids is 2. The molecule has 2 amide bonds. The van der Waals surface area contributed by atoms with Crippen LogP contribution in [0, 0.1) is 23.7 Å². The third kappa shape index (κ3) is 4.67. The van der Waals surface area contributed by atoms with Gasteiger partial charge in [0, 0.05) is 75.3 Å². The Hall–Kier alpha value is -3.01. The molecule has 2 aromatic rings. The zero-order chi connectivity index (χ0) is 25.6. The highest BCUT2D eigenvalue weighted by atomic mass is 16.5. The molecule has 0 radical (unpaired) electrons. The van der Waals surface area contributed by atoms with E-state index in [1.165, 1.54) is 0 Å². The molecule has 1 N–H and O–H groups in total. The number of aryl methyl sites for hydroxylation is 1. The van der Waals surface area contributed by atoms with E-state index < -0.39 is 0 Å². The molecular weight excluding hydrogens is 484 g/mol. The minimum absolute atomic E-state index is 0.0109. The summed E-state index contributed by atoms with van der Waals surface area (Å²) in [5.41, 5.74) is 3.68. The lowest BCUT2D eigenvalue weighted by Crippen LogP contribution is -2.40. The average Bonchev–Trinajstić information content (AvgIpc) is 3.36. The van der Waals surface area contributed by atoms with Crippen molar-refractivity contribution in [3.63, 3.8) is 0 Å². The minimum atomic E-state index is -0.0109. The molecule has 38 heavy (non-hydrogen) atoms. The van der Waals surface area contributed by atoms with Crippen molar-refractivity contribution in [1.29, 1.82) is 0 Å². The number of fused-ring (bicyclic) bond motifs is 2. The Bertz CT molecular complexity index is 1190. The number of aromatic amines is 1. The highest BCUT2D eigenvalue weighted by Crippen LogP contribution is 2.44. The van der Waals surface area contributed by atoms with E-state index in [1.807, 2.05) is 15.9 Å². The third-order valence-electron chi connectivity index (χ3n) is 9.25. The Morgan fingerprint density at radius 2 is 1.71 bits per heavy atom. The molecule has 5 heterocycles. The van der Waals surface area contributed by atoms with E-state index in [0.29, 0.717) is 61.2 Å². The van der Waals surface area contributed by atoms with Gasteiger partial charge in [0.25, 0.3) is 5.91 Å². The van der Waals surface area contributed by atoms with Crippen molar-refractivity contribution in [1.82, 2.24) is 30.2 Å². The zero-order valence-corrected chi connectivity index (χ0v) is 21.8. The molecule has 0 spiro atoms. The topological polar surface area (TPSA) is 114 Å². The predicted molar refractivity (Wildman–Crippen MR) is 137 cm³/mol. The summed E-state index contributed by atoms with van der Waals surface area (Å²) in [6, 6.07) is 2.03. The number of H-pyrrole nitrogens is 1. The van der Waals surface area contributed by atoms with Crippen LogP contribution in [0.2, 0.25) is 0 Å². The number of nitrogens with zero attached hydrogens (tertiary/aromatic N) is 5. The normalized spacial score (nSPS) is 27.3. The Labute approximate surface area is 222 Å². The number of ether oxygens (including phenoxy) is 2. The quantitative estimate of drug-likeness (QED) is 0.621. The molecule has 0 aromatic carbocycles. The Kier molecular flexibility index (Phi) is 6.30. The van der Waals surface area contributed by atoms with Gasteiger partial charge in [-0.15, -0.1) is 0 Å². The molecule has 2 aromatic heterocycles. The predicted octanol–water partition coefficient (Wildman–Crippen LogP) is 2.22. The number of aromatic nitrogens is 4. The van der Waals surface area contributed by atoms with Crippen molar-refractivity contribution in [2.45, 2.75) is 50.9 Å². The Morgan fingerprint density at radius 1 is 0.974 bits per heavy atom. The van der Waals surface area contributed by atoms with E-state index in [-0.39, 0.29) is 17.7 Å². The minimum Gasteiger partial charge on any atom is -0.477 e. The van der Waals surface area contributed by atoms with Gasteiger partial charge >= 0.3 is 0 Å². The number of nitrogens with one attached hydrogen (secondary N) is 1. The van der Waals surface area contributed by atoms with Crippen LogP contribution >= 0.6 is 0 Å². The van der Waals surface area contributed by atoms with E-state index >= 15 is 0 Å². The maximum absolute atomic E-state index is 13.5. The second-order valence-corrected chi connectivity index (χ2v) is 11.9. The highest BCUT2D eigenvalue weighted by molar-refractivity contribution is 5.94. The van der Waals surface area contributed by atoms with Crippen molar-refractivity contribution in [2.75, 3.05) is 46.0 Å². The Morgan fingerprint density at radius 3 is 2.47 bits per heavy atom. The maximum atomic E-state index is 13.5. The van der Waals surface area contributed by atoms with Crippen molar-refractivity contribution in [3.8, 4) is 5.88 Å². The van der Waals surface area contributed by atoms with Crippen molar-refractivity contribution in [2.24, 2.45) is 23.7 Å². The summed E-state index contributed by atoms with van der Waals surface area (Å²) in [6.45, 7) is 5.14. The lowest BCUT2D eigenvalue weighted by atomic mass is 9.89. The fourth-order valence-corrected chi connectivity index (χ4v) is 6.78. The zero-order valence-electron chi connectivity index (χ0n) is 21.8. The number of carbonyl (C=O) groups is 2. The van der Waals surface area contributed by atoms with Gasteiger partial charge in [-0.1, -0.05) is 0 Å². The molecule has 0 bridgehead atoms. The van der Waals surface area contributed by atoms with Crippen LogP contribution < -0.4 is 4.74 Å². The van der Waals surface area contributed by atoms with Crippen LogP contribution in [0.5, 0.6) is 5.88 Å². The number of hydrogen-bond donors (Lipinski definition) is 1. The van der Waals surface area contributed by atoms with Crippen LogP contribution in [0.4, 0.5) is 0 Å². The molecule has 10 nitrogen and oxygen atoms in total. The fraction of sp³-hybridized carbons (Fsp3) is 0.679. The van der Waals surface area contributed by atoms with Gasteiger partial charge in [-0.25, -0.2) is 4.98 Å². The molecule has 3 atom stereocenters. The summed E-state index contributed by atoms with van der Waals surface area (Å²) < 4.78 is 11.6. The largest absolute Gasteiger partial charge is 0.477 e. The van der Waals surface area contributed by atoms with E-state index in [1.54, 1.807) is 6.20 Å². The van der Waals surface area contributed by atoms with Crippen molar-refractivity contribution in [3.05, 3.63) is 34.8 Å². The lowest BCUT2D eigenvalue weighted by Gasteiger charge is -2.27. The van der Waals surface area contributed by atoms with Crippen LogP contribution in [0.1, 0.15) is 65.3 Å². The smallest absolute Gasteiger partial charge is 0.255 e. The second-order valence-electron chi connectivity index (χ2n) is 11.9. The summed E-state index contributed by atoms with van der Waals surface area (Å²) in [7, 11) is 0. The average molecular weight is 521 g/mol. The third-order valence-corrected chi connectivity index (χ3v) is 9.25. The second kappa shape index (κ2) is 9.94. The van der Waals surface area contributed by atoms with Crippen molar-refractivity contribution >= 4 is 11.8 Å². The summed E-state index contributed by atoms with van der Waals surface area (Å²) in [5, 5.41) is 11.1. The SMILES string of the molecule is O=C(c1cnc(OCC2CCOCC2)c(C2CC2)c1)N1CC2CN(C(=O)C3CCc4n[nH]nc4C3)CC2C1. The van der Waals surface area contributed by atoms with E-state index in [0.717, 1.165) is 81.8 Å². The van der Waals surface area contributed by atoms with Gasteiger partial charge in [-0.05, 0) is 56.4 Å². The van der Waals surface area contributed by atoms with Crippen LogP contribution in [0.25, 0.3) is 0 Å². The highest BCUT2D eigenvalue weighted by Gasteiger charge is 2.45. The monoisotopic (exact) mass is 520 g/mol. The van der Waals surface area contributed by atoms with E-state index in [9.17, 15) is 9.59 Å². The van der Waals surface area contributed by atoms with Crippen LogP contribution in [0.15, 0.2) is 12.3 Å². The van der Waals surface area contributed by atoms with E-state index in [4.69, 9.17) is 9.47 Å². The number of amides is 2. The summed E-state index contributed by atoms with van der Waals surface area (Å²) in [6.07, 6.45) is 8.32. The van der Waals surface area contributed by atoms with Gasteiger partial charge in [0.1, 0.15) is 0 Å². The summed E-state index contributed by atoms with van der Waals surface area (Å²) >= 11 is 0. The fourth-order valence-electron chi connectivity index (χ4n) is 6.78. The molecule has 5 aliphatic rings. The van der Waals surface area contributed by atoms with E-state index in [2.05, 4.69) is 20.4 Å². The summed E-state index contributed by atoms with van der Waals surface area (Å²) in [5.74, 6) is 2.61. The van der Waals surface area contributed by atoms with Crippen LogP contribution in [-0.2, 0) is 22.4 Å². The number of pyridine rings is 1. The Balaban J connectivity index is 0.962. The van der Waals surface area contributed by atoms with Crippen LogP contribution in [-0.4, -0.2) is 88.0 Å². The molecule has 1 saturated carbocycles. The molecular formula is C28H36N6O4. The van der Waals surface area contributed by atoms with Gasteiger partial charge in [-0.2, -0.15) is 15.4 Å². The molecule has 4 fully saturated rings. The number of likely N-dealkylation sites (tertiary alicyclic amines) is 2. The van der Waals surface area contributed by atoms with Gasteiger partial charge in [-0.3, -0.25) is 9.59 Å². The van der Waals surface area contributed by atoms with Gasteiger partial charge in [0.15, 0.2) is 0 Å². The van der Waals surface area contributed by atoms with Gasteiger partial charge in [0.2, 0.25) is 11.8 Å². The molecule has 3 unspecified atom stereocenters. The molecule has 202 valence electrons. The molecule has 3 aliphatic heterocycles. The molecule has 7 rings (SSSR count). The van der Waals surface area contributed by atoms with Crippen LogP contribution in [0.3, 0.4) is 0 Å². The number of rotatable bonds is 6. The number of hydrogen-bond acceptors (Lipinski definition) is 7. The first-order chi connectivity index (χ1) is 18.6. The lowest BCUT2D eigenvalue weighted by molar-refractivity contribution is -0.135. The summed E-state index contributed by atoms with van der Waals surface area (Å²) in [4.78, 5) is 35.4. The van der Waals surface area contributed by atoms with Gasteiger partial charge < -0.3 is 19.3 Å². The van der Waals surface area contributed by atoms with Crippen molar-refractivity contribution < 1.29 is 19.1 Å². The maximum Gasteiger partial charge on any atom is 0.255 e. The molecule has 3 saturated heterocycles. The standard InChI is InChI=1S/C28H36N6O4/c35-27(19-3-4-24-25(10-19)31-32-30-24)33-12-21-14-34(15-22(21)13-33)28(36)20-9-23(18-1-2-18)26(29-11-20)38-16-17-5-7-37-8-6-17/h9,11,17-19,21-22H,1-8,10,12-16H2,(H,30,31,32).